The van der Waals surface area contributed by atoms with Crippen LogP contribution in [0.5, 0.6) is 11.8 Å². The number of aromatic nitrogens is 3. The Labute approximate surface area is 367 Å². The molecule has 13 heteroatoms. The van der Waals surface area contributed by atoms with Gasteiger partial charge in [0.05, 0.1) is 16.5 Å². The number of alkyl halides is 1. The zero-order valence-electron chi connectivity index (χ0n) is 36.4. The van der Waals surface area contributed by atoms with Crippen LogP contribution in [0, 0.1) is 17.6 Å². The van der Waals surface area contributed by atoms with Gasteiger partial charge in [-0.15, -0.1) is 0 Å². The molecule has 6 aromatic rings. The van der Waals surface area contributed by atoms with Crippen molar-refractivity contribution >= 4 is 46.2 Å². The lowest BCUT2D eigenvalue weighted by Crippen LogP contribution is -2.65. The van der Waals surface area contributed by atoms with Gasteiger partial charge in [0.25, 0.3) is 8.32 Å². The van der Waals surface area contributed by atoms with Gasteiger partial charge in [0.1, 0.15) is 41.4 Å². The highest BCUT2D eigenvalue weighted by atomic mass is 28.4. The average Bonchev–Trinajstić information content (AvgIpc) is 3.80. The Kier molecular flexibility index (Phi) is 11.3. The number of fused-ring (bicyclic) bond motifs is 3. The molecule has 9 nitrogen and oxygen atoms in total. The summed E-state index contributed by atoms with van der Waals surface area (Å²) in [4.78, 5) is 31.2. The fourth-order valence-electron chi connectivity index (χ4n) is 11.1. The standard InChI is InChI=1S/C50H56F3N5O4Si/c1-5-38-41(52)18-17-33-23-35(59)24-39(42(33)38)44-43(53)45-40(27-54-44)46(56-47(55-45)62-31-50-20-12-22-58(50)29-34(51)26-50)57-28-32(25-49(4,60)30-57)19-21-48(2,3)63(61,36-13-8-6-9-14-36)37-15-10-7-11-16-37/h6-11,13-18,23-24,27,32,34,59-61H,5,12,19-22,25-26,28-31H2,1-4H3/t32-,34+,49-,50-/m0/s1. The Morgan fingerprint density at radius 3 is 2.37 bits per heavy atom. The van der Waals surface area contributed by atoms with E-state index in [0.29, 0.717) is 72.7 Å². The van der Waals surface area contributed by atoms with Gasteiger partial charge in [0.2, 0.25) is 0 Å². The molecule has 9 rings (SSSR count). The van der Waals surface area contributed by atoms with E-state index in [2.05, 4.69) is 28.7 Å². The molecule has 3 fully saturated rings. The van der Waals surface area contributed by atoms with Crippen LogP contribution in [0.1, 0.15) is 71.8 Å². The fourth-order valence-corrected chi connectivity index (χ4v) is 14.9. The van der Waals surface area contributed by atoms with Gasteiger partial charge in [-0.3, -0.25) is 9.88 Å². The van der Waals surface area contributed by atoms with Crippen LogP contribution in [-0.4, -0.2) is 93.3 Å². The topological polar surface area (TPSA) is 115 Å². The fraction of sp³-hybridized carbons (Fsp3) is 0.420. The highest BCUT2D eigenvalue weighted by Crippen LogP contribution is 2.45. The van der Waals surface area contributed by atoms with Gasteiger partial charge in [-0.05, 0) is 108 Å². The van der Waals surface area contributed by atoms with Gasteiger partial charge in [-0.1, -0.05) is 87.5 Å². The number of aliphatic hydroxyl groups is 1. The summed E-state index contributed by atoms with van der Waals surface area (Å²) >= 11 is 0. The number of aromatic hydroxyl groups is 1. The Morgan fingerprint density at radius 2 is 1.67 bits per heavy atom. The Balaban J connectivity index is 1.10. The van der Waals surface area contributed by atoms with E-state index in [1.807, 2.05) is 72.5 Å². The summed E-state index contributed by atoms with van der Waals surface area (Å²) in [5.74, 6) is -1.06. The minimum Gasteiger partial charge on any atom is -0.508 e. The summed E-state index contributed by atoms with van der Waals surface area (Å²) in [6, 6.07) is 25.6. The normalized spacial score (nSPS) is 23.2. The quantitative estimate of drug-likeness (QED) is 0.105. The predicted octanol–water partition coefficient (Wildman–Crippen LogP) is 8.24. The van der Waals surface area contributed by atoms with Crippen molar-refractivity contribution in [3.8, 4) is 23.0 Å². The molecule has 4 atom stereocenters. The van der Waals surface area contributed by atoms with Gasteiger partial charge in [-0.2, -0.15) is 9.97 Å². The van der Waals surface area contributed by atoms with Gasteiger partial charge in [0, 0.05) is 37.8 Å². The van der Waals surface area contributed by atoms with E-state index in [1.54, 1.807) is 13.0 Å². The molecule has 0 bridgehead atoms. The molecule has 3 aliphatic heterocycles. The molecule has 3 saturated heterocycles. The second-order valence-electron chi connectivity index (χ2n) is 19.2. The second-order valence-corrected chi connectivity index (χ2v) is 23.1. The summed E-state index contributed by atoms with van der Waals surface area (Å²) in [5.41, 5.74) is -1.27. The number of phenols is 1. The highest BCUT2D eigenvalue weighted by Gasteiger charge is 2.51. The van der Waals surface area contributed by atoms with Crippen LogP contribution in [0.3, 0.4) is 0 Å². The SMILES string of the molecule is CCc1c(F)ccc2cc(O)cc(-c3ncc4c(N5C[C@@H](CCC(C)(C)[Si](O)(c6ccccc6)c6ccccc6)C[C@](C)(O)C5)nc(OC[C@@]56CCCN5C[C@H](F)C6)nc4c3F)c12. The molecular formula is C50H56F3N5O4Si. The predicted molar refractivity (Wildman–Crippen MR) is 244 cm³/mol. The molecule has 3 aliphatic rings. The molecule has 2 aromatic heterocycles. The molecule has 0 spiro atoms. The van der Waals surface area contributed by atoms with E-state index < -0.39 is 42.3 Å². The molecule has 330 valence electrons. The van der Waals surface area contributed by atoms with Gasteiger partial charge in [-0.25, -0.2) is 13.2 Å². The van der Waals surface area contributed by atoms with Crippen molar-refractivity contribution in [2.45, 2.75) is 95.0 Å². The second kappa shape index (κ2) is 16.5. The minimum absolute atomic E-state index is 0.0452. The minimum atomic E-state index is -3.31. The summed E-state index contributed by atoms with van der Waals surface area (Å²) in [7, 11) is -3.31. The molecule has 0 amide bonds. The number of hydrogen-bond donors (Lipinski definition) is 3. The number of rotatable bonds is 12. The van der Waals surface area contributed by atoms with Crippen LogP contribution >= 0.6 is 0 Å². The molecule has 4 aromatic carbocycles. The maximum absolute atomic E-state index is 17.4. The van der Waals surface area contributed by atoms with Crippen LogP contribution in [0.15, 0.2) is 91.1 Å². The van der Waals surface area contributed by atoms with Crippen LogP contribution in [0.25, 0.3) is 32.9 Å². The van der Waals surface area contributed by atoms with E-state index in [1.165, 1.54) is 24.4 Å². The average molecular weight is 876 g/mol. The number of β-amino-alcohol motifs (C(OH)–C–C–N with tert-alkyl or cyclic N) is 1. The molecule has 0 unspecified atom stereocenters. The van der Waals surface area contributed by atoms with Gasteiger partial charge < -0.3 is 24.6 Å². The number of benzene rings is 4. The number of halogens is 3. The maximum atomic E-state index is 17.4. The number of nitrogens with zero attached hydrogens (tertiary/aromatic N) is 5. The molecule has 0 aliphatic carbocycles. The van der Waals surface area contributed by atoms with E-state index in [9.17, 15) is 19.4 Å². The zero-order valence-corrected chi connectivity index (χ0v) is 37.4. The number of aryl methyl sites for hydroxylation is 1. The third kappa shape index (κ3) is 7.85. The lowest BCUT2D eigenvalue weighted by atomic mass is 9.83. The molecular weight excluding hydrogens is 820 g/mol. The van der Waals surface area contributed by atoms with Crippen molar-refractivity contribution in [3.63, 3.8) is 0 Å². The van der Waals surface area contributed by atoms with Crippen molar-refractivity contribution in [1.82, 2.24) is 19.9 Å². The Bertz CT molecular complexity index is 2620. The van der Waals surface area contributed by atoms with Crippen LogP contribution in [0.4, 0.5) is 19.0 Å². The van der Waals surface area contributed by atoms with Crippen molar-refractivity contribution in [2.75, 3.05) is 37.7 Å². The number of ether oxygens (including phenoxy) is 1. The largest absolute Gasteiger partial charge is 0.508 e. The number of pyridine rings is 1. The van der Waals surface area contributed by atoms with Crippen molar-refractivity contribution in [2.24, 2.45) is 5.92 Å². The zero-order chi connectivity index (χ0) is 44.3. The molecule has 5 heterocycles. The number of phenolic OH excluding ortho intramolecular Hbond substituents is 1. The molecule has 0 radical (unpaired) electrons. The summed E-state index contributed by atoms with van der Waals surface area (Å²) in [6.45, 7) is 9.78. The monoisotopic (exact) mass is 875 g/mol. The lowest BCUT2D eigenvalue weighted by molar-refractivity contribution is 0.0225. The highest BCUT2D eigenvalue weighted by molar-refractivity contribution is 6.98. The third-order valence-corrected chi connectivity index (χ3v) is 18.8. The van der Waals surface area contributed by atoms with E-state index in [4.69, 9.17) is 9.72 Å². The number of piperidine rings is 1. The Hall–Kier alpha value is -5.08. The number of hydrogen-bond acceptors (Lipinski definition) is 9. The first kappa shape index (κ1) is 43.2. The third-order valence-electron chi connectivity index (χ3n) is 14.2. The van der Waals surface area contributed by atoms with Crippen LogP contribution in [0.2, 0.25) is 5.04 Å². The summed E-state index contributed by atoms with van der Waals surface area (Å²) in [6.07, 6.45) is 4.71. The van der Waals surface area contributed by atoms with Crippen molar-refractivity contribution in [1.29, 1.82) is 0 Å². The lowest BCUT2D eigenvalue weighted by Gasteiger charge is -2.45. The maximum Gasteiger partial charge on any atom is 0.319 e. The summed E-state index contributed by atoms with van der Waals surface area (Å²) < 4.78 is 53.9. The van der Waals surface area contributed by atoms with Crippen LogP contribution < -0.4 is 20.0 Å². The van der Waals surface area contributed by atoms with Crippen LogP contribution in [-0.2, 0) is 6.42 Å². The van der Waals surface area contributed by atoms with Gasteiger partial charge >= 0.3 is 6.01 Å². The number of anilines is 1. The molecule has 63 heavy (non-hydrogen) atoms. The van der Waals surface area contributed by atoms with E-state index in [0.717, 1.165) is 29.8 Å². The molecule has 3 N–H and O–H groups in total. The molecule has 0 saturated carbocycles. The van der Waals surface area contributed by atoms with E-state index >= 15 is 8.78 Å². The van der Waals surface area contributed by atoms with Crippen molar-refractivity contribution < 1.29 is 32.9 Å². The first-order valence-electron chi connectivity index (χ1n) is 22.2. The van der Waals surface area contributed by atoms with Crippen molar-refractivity contribution in [3.05, 3.63) is 108 Å². The first-order valence-corrected chi connectivity index (χ1v) is 24.2. The first-order chi connectivity index (χ1) is 30.1. The smallest absolute Gasteiger partial charge is 0.319 e. The van der Waals surface area contributed by atoms with Gasteiger partial charge in [0.15, 0.2) is 5.82 Å². The summed E-state index contributed by atoms with van der Waals surface area (Å²) in [5, 5.41) is 25.4. The Morgan fingerprint density at radius 1 is 0.952 bits per heavy atom. The van der Waals surface area contributed by atoms with E-state index in [-0.39, 0.29) is 47.6 Å².